The predicted molar refractivity (Wildman–Crippen MR) is 63.8 cm³/mol. The average molecular weight is 276 g/mol. The van der Waals surface area contributed by atoms with Gasteiger partial charge in [0.25, 0.3) is 0 Å². The van der Waals surface area contributed by atoms with Crippen molar-refractivity contribution < 1.29 is 41.8 Å². The molecule has 0 aliphatic heterocycles. The van der Waals surface area contributed by atoms with Crippen molar-refractivity contribution in [1.29, 1.82) is 0 Å². The van der Waals surface area contributed by atoms with Crippen LogP contribution in [-0.4, -0.2) is 49.8 Å². The van der Waals surface area contributed by atoms with Gasteiger partial charge in [-0.25, -0.2) is 0 Å². The van der Waals surface area contributed by atoms with Crippen molar-refractivity contribution in [1.82, 2.24) is 0 Å². The van der Waals surface area contributed by atoms with Gasteiger partial charge in [0.15, 0.2) is 8.32 Å². The first-order valence-corrected chi connectivity index (χ1v) is 7.32. The Balaban J connectivity index is -0.0000000410. The van der Waals surface area contributed by atoms with E-state index in [1.54, 1.807) is 0 Å². The predicted octanol–water partition coefficient (Wildman–Crippen LogP) is 0.807. The molecular formula is C9H28O4SiTi. The SMILES string of the molecule is CC[Si](O)(CC)CC.CO.CO.CO.[Ti]. The third-order valence-corrected chi connectivity index (χ3v) is 5.92. The standard InChI is InChI=1S/C6H16OSi.3CH4O.Ti/c1-4-8(7,5-2)6-3;3*1-2;/h7H,4-6H2,1-3H3;3*2H,1H3;. The largest absolute Gasteiger partial charge is 0.432 e. The Bertz CT molecular complexity index is 64.9. The Morgan fingerprint density at radius 2 is 0.800 bits per heavy atom. The molecule has 0 rings (SSSR count). The molecule has 0 unspecified atom stereocenters. The normalized spacial score (nSPS) is 7.60. The van der Waals surface area contributed by atoms with Gasteiger partial charge in [0.2, 0.25) is 0 Å². The minimum absolute atomic E-state index is 0. The van der Waals surface area contributed by atoms with Crippen LogP contribution in [0.4, 0.5) is 0 Å². The maximum atomic E-state index is 9.58. The smallest absolute Gasteiger partial charge is 0.187 e. The second-order valence-corrected chi connectivity index (χ2v) is 6.86. The van der Waals surface area contributed by atoms with E-state index in [4.69, 9.17) is 15.3 Å². The van der Waals surface area contributed by atoms with E-state index < -0.39 is 8.32 Å². The van der Waals surface area contributed by atoms with Crippen LogP contribution in [0.3, 0.4) is 0 Å². The zero-order valence-corrected chi connectivity index (χ0v) is 13.5. The fourth-order valence-corrected chi connectivity index (χ4v) is 2.25. The number of hydrogen-bond donors (Lipinski definition) is 4. The van der Waals surface area contributed by atoms with Crippen LogP contribution >= 0.6 is 0 Å². The Kier molecular flexibility index (Phi) is 58.0. The Morgan fingerprint density at radius 3 is 0.800 bits per heavy atom. The van der Waals surface area contributed by atoms with E-state index in [9.17, 15) is 4.80 Å². The van der Waals surface area contributed by atoms with Crippen molar-refractivity contribution in [2.45, 2.75) is 38.9 Å². The monoisotopic (exact) mass is 276 g/mol. The summed E-state index contributed by atoms with van der Waals surface area (Å²) in [5.74, 6) is 0. The van der Waals surface area contributed by atoms with Crippen LogP contribution in [0.2, 0.25) is 18.1 Å². The minimum atomic E-state index is -1.67. The Hall–Kier alpha value is 0.771. The quantitative estimate of drug-likeness (QED) is 0.575. The Labute approximate surface area is 110 Å². The number of hydrogen-bond acceptors (Lipinski definition) is 4. The number of aliphatic hydroxyl groups excluding tert-OH is 3. The molecule has 0 radical (unpaired) electrons. The molecule has 0 aromatic carbocycles. The van der Waals surface area contributed by atoms with Crippen molar-refractivity contribution in [2.75, 3.05) is 21.3 Å². The zero-order valence-electron chi connectivity index (χ0n) is 10.9. The molecule has 4 nitrogen and oxygen atoms in total. The topological polar surface area (TPSA) is 80.9 Å². The molecule has 0 aromatic rings. The molecule has 0 bridgehead atoms. The van der Waals surface area contributed by atoms with Gasteiger partial charge in [-0.15, -0.1) is 0 Å². The van der Waals surface area contributed by atoms with Crippen molar-refractivity contribution in [3.8, 4) is 0 Å². The van der Waals surface area contributed by atoms with Crippen molar-refractivity contribution in [2.24, 2.45) is 0 Å². The van der Waals surface area contributed by atoms with Crippen LogP contribution in [0.1, 0.15) is 20.8 Å². The van der Waals surface area contributed by atoms with Gasteiger partial charge < -0.3 is 20.1 Å². The van der Waals surface area contributed by atoms with Crippen LogP contribution in [0.5, 0.6) is 0 Å². The van der Waals surface area contributed by atoms with Crippen LogP contribution in [0.25, 0.3) is 0 Å². The molecule has 0 fully saturated rings. The van der Waals surface area contributed by atoms with E-state index in [-0.39, 0.29) is 21.7 Å². The second-order valence-electron chi connectivity index (χ2n) is 2.29. The van der Waals surface area contributed by atoms with Crippen molar-refractivity contribution in [3.63, 3.8) is 0 Å². The summed E-state index contributed by atoms with van der Waals surface area (Å²) in [6, 6.07) is 3.04. The maximum absolute atomic E-state index is 9.58. The molecule has 6 heteroatoms. The van der Waals surface area contributed by atoms with E-state index in [1.165, 1.54) is 0 Å². The van der Waals surface area contributed by atoms with Gasteiger partial charge in [-0.3, -0.25) is 0 Å². The third kappa shape index (κ3) is 25.2. The summed E-state index contributed by atoms with van der Waals surface area (Å²) in [5.41, 5.74) is 0. The van der Waals surface area contributed by atoms with Crippen LogP contribution in [-0.2, 0) is 21.7 Å². The summed E-state index contributed by atoms with van der Waals surface area (Å²) in [6.45, 7) is 6.25. The number of aliphatic hydroxyl groups is 3. The summed E-state index contributed by atoms with van der Waals surface area (Å²) in [5, 5.41) is 21.0. The molecule has 15 heavy (non-hydrogen) atoms. The molecule has 0 atom stereocenters. The fraction of sp³-hybridized carbons (Fsp3) is 1.00. The summed E-state index contributed by atoms with van der Waals surface area (Å²) in [7, 11) is 1.33. The summed E-state index contributed by atoms with van der Waals surface area (Å²) >= 11 is 0. The van der Waals surface area contributed by atoms with Crippen LogP contribution in [0.15, 0.2) is 0 Å². The van der Waals surface area contributed by atoms with Gasteiger partial charge in [0.05, 0.1) is 0 Å². The first-order chi connectivity index (χ1) is 6.68. The zero-order chi connectivity index (χ0) is 12.6. The molecule has 0 saturated heterocycles. The summed E-state index contributed by atoms with van der Waals surface area (Å²) in [4.78, 5) is 9.58. The first-order valence-electron chi connectivity index (χ1n) is 4.75. The molecule has 96 valence electrons. The Morgan fingerprint density at radius 1 is 0.667 bits per heavy atom. The average Bonchev–Trinajstić information content (AvgIpc) is 2.35. The van der Waals surface area contributed by atoms with Gasteiger partial charge in [-0.1, -0.05) is 20.8 Å². The van der Waals surface area contributed by atoms with E-state index in [0.29, 0.717) is 0 Å². The molecule has 0 spiro atoms. The molecule has 0 amide bonds. The maximum Gasteiger partial charge on any atom is 0.187 e. The third-order valence-electron chi connectivity index (χ3n) is 1.97. The fourth-order valence-electron chi connectivity index (χ4n) is 0.750. The molecule has 0 aliphatic rings. The minimum Gasteiger partial charge on any atom is -0.432 e. The molecular weight excluding hydrogens is 248 g/mol. The number of rotatable bonds is 3. The molecule has 0 heterocycles. The van der Waals surface area contributed by atoms with Crippen molar-refractivity contribution in [3.05, 3.63) is 0 Å². The van der Waals surface area contributed by atoms with Gasteiger partial charge in [0, 0.05) is 43.0 Å². The molecule has 0 saturated carbocycles. The molecule has 4 N–H and O–H groups in total. The van der Waals surface area contributed by atoms with E-state index in [0.717, 1.165) is 39.5 Å². The van der Waals surface area contributed by atoms with Gasteiger partial charge >= 0.3 is 0 Å². The molecule has 0 aromatic heterocycles. The van der Waals surface area contributed by atoms with Gasteiger partial charge in [0.1, 0.15) is 0 Å². The van der Waals surface area contributed by atoms with Gasteiger partial charge in [-0.2, -0.15) is 0 Å². The van der Waals surface area contributed by atoms with Crippen LogP contribution < -0.4 is 0 Å². The first kappa shape index (κ1) is 29.7. The van der Waals surface area contributed by atoms with E-state index >= 15 is 0 Å². The summed E-state index contributed by atoms with van der Waals surface area (Å²) in [6.07, 6.45) is 0. The van der Waals surface area contributed by atoms with E-state index in [1.807, 2.05) is 0 Å². The molecule has 0 aliphatic carbocycles. The van der Waals surface area contributed by atoms with E-state index in [2.05, 4.69) is 20.8 Å². The van der Waals surface area contributed by atoms with Crippen LogP contribution in [0, 0.1) is 0 Å². The van der Waals surface area contributed by atoms with Crippen molar-refractivity contribution >= 4 is 8.32 Å². The van der Waals surface area contributed by atoms with Gasteiger partial charge in [-0.05, 0) is 18.1 Å². The summed E-state index contributed by atoms with van der Waals surface area (Å²) < 4.78 is 0. The second kappa shape index (κ2) is 29.3.